The van der Waals surface area contributed by atoms with Crippen LogP contribution in [0.3, 0.4) is 0 Å². The Labute approximate surface area is 88.7 Å². The number of nitrogens with zero attached hydrogens (tertiary/aromatic N) is 1. The standard InChI is InChI=1S/C11H16F2N2/c1-8(15(2)7-11(12)13)9-4-3-5-10(14)6-9/h3-6,8,11H,7,14H2,1-2H3. The molecule has 1 rings (SSSR count). The predicted octanol–water partition coefficient (Wildman–Crippen LogP) is 2.53. The van der Waals surface area contributed by atoms with Crippen molar-refractivity contribution in [2.45, 2.75) is 19.4 Å². The van der Waals surface area contributed by atoms with Crippen molar-refractivity contribution < 1.29 is 8.78 Å². The Bertz CT molecular complexity index is 315. The van der Waals surface area contributed by atoms with Gasteiger partial charge in [0.15, 0.2) is 0 Å². The van der Waals surface area contributed by atoms with Gasteiger partial charge in [-0.2, -0.15) is 0 Å². The maximum Gasteiger partial charge on any atom is 0.251 e. The second kappa shape index (κ2) is 5.07. The Morgan fingerprint density at radius 2 is 2.07 bits per heavy atom. The second-order valence-electron chi connectivity index (χ2n) is 3.68. The van der Waals surface area contributed by atoms with Crippen LogP contribution in [0, 0.1) is 0 Å². The first-order valence-electron chi connectivity index (χ1n) is 4.84. The maximum atomic E-state index is 12.2. The van der Waals surface area contributed by atoms with E-state index < -0.39 is 6.43 Å². The average Bonchev–Trinajstić information content (AvgIpc) is 2.15. The smallest absolute Gasteiger partial charge is 0.251 e. The molecule has 2 nitrogen and oxygen atoms in total. The fraction of sp³-hybridized carbons (Fsp3) is 0.455. The van der Waals surface area contributed by atoms with E-state index in [9.17, 15) is 8.78 Å². The summed E-state index contributed by atoms with van der Waals surface area (Å²) in [6.07, 6.45) is -2.31. The molecule has 0 aromatic heterocycles. The van der Waals surface area contributed by atoms with E-state index in [1.807, 2.05) is 25.1 Å². The van der Waals surface area contributed by atoms with Crippen LogP contribution in [-0.2, 0) is 0 Å². The lowest BCUT2D eigenvalue weighted by molar-refractivity contribution is 0.0843. The SMILES string of the molecule is CC(c1cccc(N)c1)N(C)CC(F)F. The van der Waals surface area contributed by atoms with E-state index in [4.69, 9.17) is 5.73 Å². The van der Waals surface area contributed by atoms with Gasteiger partial charge in [-0.3, -0.25) is 4.90 Å². The molecule has 1 unspecified atom stereocenters. The lowest BCUT2D eigenvalue weighted by Gasteiger charge is -2.24. The molecule has 1 aromatic rings. The highest BCUT2D eigenvalue weighted by atomic mass is 19.3. The first-order chi connectivity index (χ1) is 7.00. The molecule has 1 aromatic carbocycles. The van der Waals surface area contributed by atoms with Gasteiger partial charge in [-0.25, -0.2) is 8.78 Å². The Morgan fingerprint density at radius 3 is 2.60 bits per heavy atom. The molecule has 2 N–H and O–H groups in total. The molecule has 0 aliphatic heterocycles. The Kier molecular flexibility index (Phi) is 4.03. The fourth-order valence-corrected chi connectivity index (χ4v) is 1.45. The Balaban J connectivity index is 2.71. The second-order valence-corrected chi connectivity index (χ2v) is 3.68. The largest absolute Gasteiger partial charge is 0.399 e. The van der Waals surface area contributed by atoms with Crippen LogP contribution in [-0.4, -0.2) is 24.9 Å². The van der Waals surface area contributed by atoms with Crippen LogP contribution >= 0.6 is 0 Å². The van der Waals surface area contributed by atoms with Gasteiger partial charge in [-0.15, -0.1) is 0 Å². The monoisotopic (exact) mass is 214 g/mol. The Hall–Kier alpha value is -1.16. The molecular weight excluding hydrogens is 198 g/mol. The van der Waals surface area contributed by atoms with E-state index in [-0.39, 0.29) is 12.6 Å². The number of halogens is 2. The minimum Gasteiger partial charge on any atom is -0.399 e. The van der Waals surface area contributed by atoms with Gasteiger partial charge >= 0.3 is 0 Å². The van der Waals surface area contributed by atoms with Crippen molar-refractivity contribution in [1.82, 2.24) is 4.90 Å². The van der Waals surface area contributed by atoms with Gasteiger partial charge in [-0.05, 0) is 31.7 Å². The van der Waals surface area contributed by atoms with E-state index in [1.165, 1.54) is 0 Å². The van der Waals surface area contributed by atoms with Gasteiger partial charge in [-0.1, -0.05) is 12.1 Å². The van der Waals surface area contributed by atoms with Crippen molar-refractivity contribution in [2.24, 2.45) is 0 Å². The molecule has 15 heavy (non-hydrogen) atoms. The summed E-state index contributed by atoms with van der Waals surface area (Å²) in [6, 6.07) is 7.26. The predicted molar refractivity (Wildman–Crippen MR) is 57.9 cm³/mol. The molecule has 4 heteroatoms. The minimum absolute atomic E-state index is 0.0532. The van der Waals surface area contributed by atoms with Crippen molar-refractivity contribution in [3.8, 4) is 0 Å². The molecule has 0 saturated carbocycles. The molecular formula is C11H16F2N2. The number of nitrogens with two attached hydrogens (primary N) is 1. The minimum atomic E-state index is -2.31. The summed E-state index contributed by atoms with van der Waals surface area (Å²) in [7, 11) is 1.68. The molecule has 0 fully saturated rings. The molecule has 0 amide bonds. The normalized spacial score (nSPS) is 13.5. The third-order valence-corrected chi connectivity index (χ3v) is 2.48. The maximum absolute atomic E-state index is 12.2. The lowest BCUT2D eigenvalue weighted by atomic mass is 10.1. The molecule has 0 aliphatic rings. The van der Waals surface area contributed by atoms with E-state index in [2.05, 4.69) is 0 Å². The molecule has 0 bridgehead atoms. The van der Waals surface area contributed by atoms with Gasteiger partial charge in [0.2, 0.25) is 0 Å². The zero-order chi connectivity index (χ0) is 11.4. The van der Waals surface area contributed by atoms with Crippen LogP contribution in [0.1, 0.15) is 18.5 Å². The van der Waals surface area contributed by atoms with Crippen molar-refractivity contribution in [1.29, 1.82) is 0 Å². The van der Waals surface area contributed by atoms with Crippen LogP contribution in [0.5, 0.6) is 0 Å². The lowest BCUT2D eigenvalue weighted by Crippen LogP contribution is -2.27. The highest BCUT2D eigenvalue weighted by Gasteiger charge is 2.15. The number of alkyl halides is 2. The van der Waals surface area contributed by atoms with E-state index >= 15 is 0 Å². The number of hydrogen-bond donors (Lipinski definition) is 1. The zero-order valence-corrected chi connectivity index (χ0v) is 8.95. The van der Waals surface area contributed by atoms with Crippen molar-refractivity contribution >= 4 is 5.69 Å². The van der Waals surface area contributed by atoms with Crippen LogP contribution in [0.15, 0.2) is 24.3 Å². The highest BCUT2D eigenvalue weighted by Crippen LogP contribution is 2.21. The molecule has 0 aliphatic carbocycles. The topological polar surface area (TPSA) is 29.3 Å². The number of hydrogen-bond acceptors (Lipinski definition) is 2. The summed E-state index contributed by atoms with van der Waals surface area (Å²) in [5.74, 6) is 0. The molecule has 0 saturated heterocycles. The first-order valence-corrected chi connectivity index (χ1v) is 4.84. The summed E-state index contributed by atoms with van der Waals surface area (Å²) in [4.78, 5) is 1.61. The summed E-state index contributed by atoms with van der Waals surface area (Å²) in [6.45, 7) is 1.66. The number of benzene rings is 1. The summed E-state index contributed by atoms with van der Waals surface area (Å²) in [5.41, 5.74) is 7.24. The fourth-order valence-electron chi connectivity index (χ4n) is 1.45. The molecule has 1 atom stereocenters. The quantitative estimate of drug-likeness (QED) is 0.780. The van der Waals surface area contributed by atoms with Gasteiger partial charge in [0.25, 0.3) is 6.43 Å². The molecule has 0 heterocycles. The Morgan fingerprint density at radius 1 is 1.40 bits per heavy atom. The zero-order valence-electron chi connectivity index (χ0n) is 8.95. The van der Waals surface area contributed by atoms with E-state index in [0.717, 1.165) is 5.56 Å². The van der Waals surface area contributed by atoms with E-state index in [1.54, 1.807) is 18.0 Å². The van der Waals surface area contributed by atoms with Gasteiger partial charge in [0.1, 0.15) is 0 Å². The van der Waals surface area contributed by atoms with Crippen molar-refractivity contribution in [2.75, 3.05) is 19.3 Å². The summed E-state index contributed by atoms with van der Waals surface area (Å²) < 4.78 is 24.3. The highest BCUT2D eigenvalue weighted by molar-refractivity contribution is 5.41. The van der Waals surface area contributed by atoms with Crippen LogP contribution in [0.25, 0.3) is 0 Å². The van der Waals surface area contributed by atoms with Gasteiger partial charge in [0, 0.05) is 11.7 Å². The van der Waals surface area contributed by atoms with Gasteiger partial charge in [0.05, 0.1) is 6.54 Å². The van der Waals surface area contributed by atoms with Crippen molar-refractivity contribution in [3.05, 3.63) is 29.8 Å². The van der Waals surface area contributed by atoms with Crippen LogP contribution < -0.4 is 5.73 Å². The molecule has 0 spiro atoms. The van der Waals surface area contributed by atoms with Gasteiger partial charge < -0.3 is 5.73 Å². The summed E-state index contributed by atoms with van der Waals surface area (Å²) in [5, 5.41) is 0. The molecule has 84 valence electrons. The average molecular weight is 214 g/mol. The van der Waals surface area contributed by atoms with Crippen LogP contribution in [0.2, 0.25) is 0 Å². The third kappa shape index (κ3) is 3.47. The first kappa shape index (κ1) is 11.9. The molecule has 0 radical (unpaired) electrons. The van der Waals surface area contributed by atoms with Crippen molar-refractivity contribution in [3.63, 3.8) is 0 Å². The number of anilines is 1. The van der Waals surface area contributed by atoms with E-state index in [0.29, 0.717) is 5.69 Å². The van der Waals surface area contributed by atoms with Crippen LogP contribution in [0.4, 0.5) is 14.5 Å². The number of rotatable bonds is 4. The third-order valence-electron chi connectivity index (χ3n) is 2.48. The number of nitrogen functional groups attached to an aromatic ring is 1. The summed E-state index contributed by atoms with van der Waals surface area (Å²) >= 11 is 0.